The quantitative estimate of drug-likeness (QED) is 0.652. The van der Waals surface area contributed by atoms with Crippen LogP contribution in [0.1, 0.15) is 16.7 Å². The van der Waals surface area contributed by atoms with E-state index in [2.05, 4.69) is 10.3 Å². The summed E-state index contributed by atoms with van der Waals surface area (Å²) < 4.78 is 5.17. The first-order valence-corrected chi connectivity index (χ1v) is 6.54. The molecule has 0 aliphatic carbocycles. The molecular weight excluding hydrogens is 270 g/mol. The predicted molar refractivity (Wildman–Crippen MR) is 79.2 cm³/mol. The third kappa shape index (κ3) is 3.76. The lowest BCUT2D eigenvalue weighted by Crippen LogP contribution is -2.14. The van der Waals surface area contributed by atoms with Gasteiger partial charge in [0.15, 0.2) is 0 Å². The highest BCUT2D eigenvalue weighted by Crippen LogP contribution is 2.19. The molecule has 0 aliphatic heterocycles. The lowest BCUT2D eigenvalue weighted by Gasteiger charge is -2.08. The van der Waals surface area contributed by atoms with Crippen LogP contribution < -0.4 is 10.1 Å². The maximum absolute atomic E-state index is 10.9. The molecule has 0 fully saturated rings. The lowest BCUT2D eigenvalue weighted by atomic mass is 10.1. The van der Waals surface area contributed by atoms with Gasteiger partial charge < -0.3 is 10.1 Å². The summed E-state index contributed by atoms with van der Waals surface area (Å²) in [7, 11) is 1.58. The summed E-state index contributed by atoms with van der Waals surface area (Å²) in [5, 5.41) is 14.1. The van der Waals surface area contributed by atoms with Crippen molar-refractivity contribution in [2.45, 2.75) is 20.0 Å². The fourth-order valence-electron chi connectivity index (χ4n) is 2.05. The molecule has 0 unspecified atom stereocenters. The number of aromatic nitrogens is 1. The minimum Gasteiger partial charge on any atom is -0.481 e. The smallest absolute Gasteiger partial charge is 0.272 e. The zero-order valence-corrected chi connectivity index (χ0v) is 12.0. The molecule has 0 aliphatic rings. The number of pyridine rings is 1. The molecule has 0 spiro atoms. The molecule has 0 atom stereocenters. The van der Waals surface area contributed by atoms with Gasteiger partial charge in [0, 0.05) is 36.5 Å². The Morgan fingerprint density at radius 3 is 2.86 bits per heavy atom. The Morgan fingerprint density at radius 2 is 2.14 bits per heavy atom. The number of ether oxygens (including phenoxy) is 1. The molecule has 2 aromatic rings. The molecule has 2 rings (SSSR count). The number of nitro benzene ring substituents is 1. The van der Waals surface area contributed by atoms with Crippen LogP contribution in [0.5, 0.6) is 5.88 Å². The Labute approximate surface area is 122 Å². The first kappa shape index (κ1) is 14.9. The minimum atomic E-state index is -0.358. The van der Waals surface area contributed by atoms with Gasteiger partial charge in [0.25, 0.3) is 5.69 Å². The van der Waals surface area contributed by atoms with Gasteiger partial charge in [-0.05, 0) is 18.6 Å². The van der Waals surface area contributed by atoms with Crippen molar-refractivity contribution in [3.63, 3.8) is 0 Å². The van der Waals surface area contributed by atoms with Crippen LogP contribution >= 0.6 is 0 Å². The van der Waals surface area contributed by atoms with Gasteiger partial charge in [-0.3, -0.25) is 10.1 Å². The van der Waals surface area contributed by atoms with E-state index in [-0.39, 0.29) is 10.6 Å². The standard InChI is InChI=1S/C15H17N3O3/c1-11-5-6-12(8-14(11)18(19)20)9-16-10-13-4-3-7-17-15(13)21-2/h3-8,16H,9-10H2,1-2H3. The molecule has 0 saturated heterocycles. The zero-order valence-electron chi connectivity index (χ0n) is 12.0. The molecule has 0 radical (unpaired) electrons. The second kappa shape index (κ2) is 6.81. The van der Waals surface area contributed by atoms with Gasteiger partial charge in [0.2, 0.25) is 5.88 Å². The summed E-state index contributed by atoms with van der Waals surface area (Å²) in [4.78, 5) is 14.7. The Balaban J connectivity index is 2.00. The maximum Gasteiger partial charge on any atom is 0.272 e. The van der Waals surface area contributed by atoms with E-state index in [4.69, 9.17) is 4.74 Å². The molecule has 6 nitrogen and oxygen atoms in total. The molecule has 21 heavy (non-hydrogen) atoms. The van der Waals surface area contributed by atoms with E-state index in [1.54, 1.807) is 32.4 Å². The predicted octanol–water partition coefficient (Wildman–Crippen LogP) is 2.60. The van der Waals surface area contributed by atoms with Gasteiger partial charge in [-0.25, -0.2) is 4.98 Å². The largest absolute Gasteiger partial charge is 0.481 e. The number of nitrogens with one attached hydrogen (secondary N) is 1. The summed E-state index contributed by atoms with van der Waals surface area (Å²) in [6.45, 7) is 2.85. The highest BCUT2D eigenvalue weighted by Gasteiger charge is 2.10. The van der Waals surface area contributed by atoms with Crippen LogP contribution in [-0.2, 0) is 13.1 Å². The molecule has 0 saturated carbocycles. The van der Waals surface area contributed by atoms with Gasteiger partial charge in [-0.15, -0.1) is 0 Å². The summed E-state index contributed by atoms with van der Waals surface area (Å²) >= 11 is 0. The molecular formula is C15H17N3O3. The molecule has 6 heteroatoms. The second-order valence-corrected chi connectivity index (χ2v) is 4.65. The van der Waals surface area contributed by atoms with Gasteiger partial charge in [-0.1, -0.05) is 18.2 Å². The summed E-state index contributed by atoms with van der Waals surface area (Å²) in [6, 6.07) is 9.02. The van der Waals surface area contributed by atoms with Crippen molar-refractivity contribution < 1.29 is 9.66 Å². The zero-order chi connectivity index (χ0) is 15.2. The number of hydrogen-bond donors (Lipinski definition) is 1. The van der Waals surface area contributed by atoms with Gasteiger partial charge >= 0.3 is 0 Å². The second-order valence-electron chi connectivity index (χ2n) is 4.65. The Bertz CT molecular complexity index is 644. The SMILES string of the molecule is COc1ncccc1CNCc1ccc(C)c([N+](=O)[O-])c1. The maximum atomic E-state index is 10.9. The van der Waals surface area contributed by atoms with E-state index >= 15 is 0 Å². The first-order chi connectivity index (χ1) is 10.1. The van der Waals surface area contributed by atoms with Crippen molar-refractivity contribution in [2.24, 2.45) is 0 Å². The third-order valence-corrected chi connectivity index (χ3v) is 3.16. The van der Waals surface area contributed by atoms with E-state index in [9.17, 15) is 10.1 Å². The number of aryl methyl sites for hydroxylation is 1. The van der Waals surface area contributed by atoms with E-state index in [0.29, 0.717) is 24.5 Å². The van der Waals surface area contributed by atoms with Crippen molar-refractivity contribution in [1.82, 2.24) is 10.3 Å². The van der Waals surface area contributed by atoms with E-state index in [0.717, 1.165) is 11.1 Å². The molecule has 1 aromatic carbocycles. The fourth-order valence-corrected chi connectivity index (χ4v) is 2.05. The van der Waals surface area contributed by atoms with Crippen molar-refractivity contribution in [2.75, 3.05) is 7.11 Å². The van der Waals surface area contributed by atoms with E-state index in [1.165, 1.54) is 0 Å². The number of nitro groups is 1. The summed E-state index contributed by atoms with van der Waals surface area (Å²) in [5.41, 5.74) is 2.63. The number of hydrogen-bond acceptors (Lipinski definition) is 5. The number of rotatable bonds is 6. The average molecular weight is 287 g/mol. The lowest BCUT2D eigenvalue weighted by molar-refractivity contribution is -0.385. The van der Waals surface area contributed by atoms with Crippen molar-refractivity contribution >= 4 is 5.69 Å². The van der Waals surface area contributed by atoms with Crippen molar-refractivity contribution in [3.8, 4) is 5.88 Å². The minimum absolute atomic E-state index is 0.147. The van der Waals surface area contributed by atoms with Crippen LogP contribution in [0.2, 0.25) is 0 Å². The number of benzene rings is 1. The highest BCUT2D eigenvalue weighted by atomic mass is 16.6. The van der Waals surface area contributed by atoms with Crippen molar-refractivity contribution in [3.05, 3.63) is 63.3 Å². The molecule has 110 valence electrons. The van der Waals surface area contributed by atoms with Crippen LogP contribution in [-0.4, -0.2) is 17.0 Å². The topological polar surface area (TPSA) is 77.3 Å². The van der Waals surface area contributed by atoms with E-state index in [1.807, 2.05) is 18.2 Å². The monoisotopic (exact) mass is 287 g/mol. The Kier molecular flexibility index (Phi) is 4.84. The van der Waals surface area contributed by atoms with Gasteiger partial charge in [-0.2, -0.15) is 0 Å². The van der Waals surface area contributed by atoms with Gasteiger partial charge in [0.05, 0.1) is 12.0 Å². The average Bonchev–Trinajstić information content (AvgIpc) is 2.49. The third-order valence-electron chi connectivity index (χ3n) is 3.16. The van der Waals surface area contributed by atoms with Crippen LogP contribution in [0.4, 0.5) is 5.69 Å². The van der Waals surface area contributed by atoms with Gasteiger partial charge in [0.1, 0.15) is 0 Å². The van der Waals surface area contributed by atoms with Crippen molar-refractivity contribution in [1.29, 1.82) is 0 Å². The van der Waals surface area contributed by atoms with Crippen LogP contribution in [0.25, 0.3) is 0 Å². The molecule has 1 aromatic heterocycles. The Hall–Kier alpha value is -2.47. The van der Waals surface area contributed by atoms with Crippen LogP contribution in [0, 0.1) is 17.0 Å². The van der Waals surface area contributed by atoms with Crippen LogP contribution in [0.15, 0.2) is 36.5 Å². The molecule has 0 amide bonds. The fraction of sp³-hybridized carbons (Fsp3) is 0.267. The first-order valence-electron chi connectivity index (χ1n) is 6.54. The number of methoxy groups -OCH3 is 1. The Morgan fingerprint density at radius 1 is 1.33 bits per heavy atom. The van der Waals surface area contributed by atoms with Crippen LogP contribution in [0.3, 0.4) is 0 Å². The normalized spacial score (nSPS) is 10.4. The molecule has 1 heterocycles. The number of nitrogens with zero attached hydrogens (tertiary/aromatic N) is 2. The molecule has 0 bridgehead atoms. The highest BCUT2D eigenvalue weighted by molar-refractivity contribution is 5.42. The summed E-state index contributed by atoms with van der Waals surface area (Å²) in [6.07, 6.45) is 1.67. The summed E-state index contributed by atoms with van der Waals surface area (Å²) in [5.74, 6) is 0.583. The molecule has 1 N–H and O–H groups in total. The van der Waals surface area contributed by atoms with E-state index < -0.39 is 0 Å².